The summed E-state index contributed by atoms with van der Waals surface area (Å²) in [4.78, 5) is 14.0. The van der Waals surface area contributed by atoms with Crippen LogP contribution in [0.3, 0.4) is 0 Å². The van der Waals surface area contributed by atoms with Crippen molar-refractivity contribution in [3.63, 3.8) is 0 Å². The van der Waals surface area contributed by atoms with E-state index in [-0.39, 0.29) is 0 Å². The molecule has 1 rings (SSSR count). The molecule has 0 bridgehead atoms. The van der Waals surface area contributed by atoms with Crippen molar-refractivity contribution in [3.05, 3.63) is 16.6 Å². The summed E-state index contributed by atoms with van der Waals surface area (Å²) in [5.41, 5.74) is 2.87. The highest BCUT2D eigenvalue weighted by molar-refractivity contribution is 7.99. The van der Waals surface area contributed by atoms with Gasteiger partial charge in [-0.2, -0.15) is 0 Å². The van der Waals surface area contributed by atoms with Gasteiger partial charge in [0.1, 0.15) is 6.29 Å². The van der Waals surface area contributed by atoms with Gasteiger partial charge in [0.2, 0.25) is 0 Å². The molecule has 0 saturated carbocycles. The zero-order chi connectivity index (χ0) is 7.23. The minimum atomic E-state index is 0.567. The molecule has 0 unspecified atom stereocenters. The molecule has 0 aliphatic heterocycles. The zero-order valence-corrected chi connectivity index (χ0v) is 6.95. The second-order valence-corrected chi connectivity index (χ2v) is 3.41. The molecule has 10 heavy (non-hydrogen) atoms. The molecule has 1 aromatic heterocycles. The van der Waals surface area contributed by atoms with Gasteiger partial charge in [-0.05, 0) is 0 Å². The molecular formula is C6H7NOS2. The summed E-state index contributed by atoms with van der Waals surface area (Å²) < 4.78 is 0. The van der Waals surface area contributed by atoms with Crippen LogP contribution in [0, 0.1) is 0 Å². The molecule has 0 aliphatic rings. The van der Waals surface area contributed by atoms with E-state index in [2.05, 4.69) is 4.98 Å². The molecule has 4 heteroatoms. The summed E-state index contributed by atoms with van der Waals surface area (Å²) in [6, 6.07) is 0. The Morgan fingerprint density at radius 1 is 1.80 bits per heavy atom. The standard InChI is InChI=1S/C6H7NOS2/c8-1-2-9-3-6-4-10-5-7-6/h1,4-5H,2-3H2. The lowest BCUT2D eigenvalue weighted by atomic mass is 10.6. The fraction of sp³-hybridized carbons (Fsp3) is 0.333. The van der Waals surface area contributed by atoms with E-state index in [1.165, 1.54) is 0 Å². The molecule has 0 fully saturated rings. The third-order valence-corrected chi connectivity index (χ3v) is 2.43. The van der Waals surface area contributed by atoms with Crippen molar-refractivity contribution in [2.24, 2.45) is 0 Å². The van der Waals surface area contributed by atoms with E-state index in [4.69, 9.17) is 0 Å². The minimum absolute atomic E-state index is 0.567. The Morgan fingerprint density at radius 3 is 3.30 bits per heavy atom. The Kier molecular flexibility index (Phi) is 3.46. The summed E-state index contributed by atoms with van der Waals surface area (Å²) in [7, 11) is 0. The second-order valence-electron chi connectivity index (χ2n) is 1.66. The van der Waals surface area contributed by atoms with Crippen molar-refractivity contribution in [2.75, 3.05) is 5.75 Å². The van der Waals surface area contributed by atoms with E-state index in [1.807, 2.05) is 5.38 Å². The molecule has 2 nitrogen and oxygen atoms in total. The van der Waals surface area contributed by atoms with Crippen molar-refractivity contribution in [1.29, 1.82) is 0 Å². The number of carbonyl (C=O) groups is 1. The highest BCUT2D eigenvalue weighted by Gasteiger charge is 1.92. The Morgan fingerprint density at radius 2 is 2.70 bits per heavy atom. The van der Waals surface area contributed by atoms with Crippen LogP contribution in [0.4, 0.5) is 0 Å². The Balaban J connectivity index is 2.21. The number of thioether (sulfide) groups is 1. The van der Waals surface area contributed by atoms with Crippen LogP contribution < -0.4 is 0 Å². The Labute approximate surface area is 67.7 Å². The Bertz CT molecular complexity index is 186. The molecule has 1 heterocycles. The SMILES string of the molecule is O=CCSCc1cscn1. The monoisotopic (exact) mass is 173 g/mol. The van der Waals surface area contributed by atoms with Crippen LogP contribution in [0.5, 0.6) is 0 Å². The number of hydrogen-bond donors (Lipinski definition) is 0. The molecular weight excluding hydrogens is 166 g/mol. The van der Waals surface area contributed by atoms with Crippen LogP contribution in [-0.2, 0) is 10.5 Å². The number of carbonyl (C=O) groups excluding carboxylic acids is 1. The molecule has 0 spiro atoms. The van der Waals surface area contributed by atoms with Gasteiger partial charge >= 0.3 is 0 Å². The fourth-order valence-corrected chi connectivity index (χ4v) is 1.77. The molecule has 0 atom stereocenters. The van der Waals surface area contributed by atoms with Gasteiger partial charge in [0, 0.05) is 16.9 Å². The van der Waals surface area contributed by atoms with Crippen molar-refractivity contribution >= 4 is 29.4 Å². The number of rotatable bonds is 4. The normalized spacial score (nSPS) is 9.60. The van der Waals surface area contributed by atoms with Gasteiger partial charge in [0.25, 0.3) is 0 Å². The van der Waals surface area contributed by atoms with Gasteiger partial charge in [0.15, 0.2) is 0 Å². The molecule has 0 aliphatic carbocycles. The van der Waals surface area contributed by atoms with Gasteiger partial charge in [-0.15, -0.1) is 23.1 Å². The van der Waals surface area contributed by atoms with Crippen LogP contribution in [0.1, 0.15) is 5.69 Å². The maximum Gasteiger partial charge on any atom is 0.129 e. The Hall–Kier alpha value is -0.350. The third kappa shape index (κ3) is 2.49. The first-order chi connectivity index (χ1) is 4.93. The molecule has 0 radical (unpaired) electrons. The quantitative estimate of drug-likeness (QED) is 0.511. The predicted molar refractivity (Wildman–Crippen MR) is 44.3 cm³/mol. The van der Waals surface area contributed by atoms with Crippen molar-refractivity contribution in [2.45, 2.75) is 5.75 Å². The average molecular weight is 173 g/mol. The van der Waals surface area contributed by atoms with Gasteiger partial charge in [-0.25, -0.2) is 4.98 Å². The first kappa shape index (κ1) is 7.75. The van der Waals surface area contributed by atoms with Crippen molar-refractivity contribution in [1.82, 2.24) is 4.98 Å². The topological polar surface area (TPSA) is 30.0 Å². The zero-order valence-electron chi connectivity index (χ0n) is 5.32. The maximum absolute atomic E-state index is 9.89. The minimum Gasteiger partial charge on any atom is -0.302 e. The van der Waals surface area contributed by atoms with E-state index >= 15 is 0 Å². The molecule has 0 N–H and O–H groups in total. The largest absolute Gasteiger partial charge is 0.302 e. The van der Waals surface area contributed by atoms with Crippen LogP contribution in [0.25, 0.3) is 0 Å². The summed E-state index contributed by atoms with van der Waals surface area (Å²) in [5, 5.41) is 2.00. The number of aromatic nitrogens is 1. The van der Waals surface area contributed by atoms with E-state index in [1.54, 1.807) is 28.6 Å². The summed E-state index contributed by atoms with van der Waals surface area (Å²) in [5.74, 6) is 1.42. The van der Waals surface area contributed by atoms with Gasteiger partial charge in [0.05, 0.1) is 11.2 Å². The van der Waals surface area contributed by atoms with Crippen LogP contribution in [0.15, 0.2) is 10.9 Å². The first-order valence-corrected chi connectivity index (χ1v) is 4.91. The van der Waals surface area contributed by atoms with E-state index in [0.29, 0.717) is 5.75 Å². The first-order valence-electron chi connectivity index (χ1n) is 2.82. The van der Waals surface area contributed by atoms with Crippen molar-refractivity contribution < 1.29 is 4.79 Å². The number of hydrogen-bond acceptors (Lipinski definition) is 4. The highest BCUT2D eigenvalue weighted by atomic mass is 32.2. The summed E-state index contributed by atoms with van der Waals surface area (Å²) >= 11 is 3.17. The lowest BCUT2D eigenvalue weighted by Gasteiger charge is -1.89. The fourth-order valence-electron chi connectivity index (χ4n) is 0.520. The van der Waals surface area contributed by atoms with Gasteiger partial charge in [-0.1, -0.05) is 0 Å². The smallest absolute Gasteiger partial charge is 0.129 e. The second kappa shape index (κ2) is 4.46. The van der Waals surface area contributed by atoms with Gasteiger partial charge < -0.3 is 4.79 Å². The molecule has 54 valence electrons. The lowest BCUT2D eigenvalue weighted by molar-refractivity contribution is -0.105. The predicted octanol–water partition coefficient (Wildman–Crippen LogP) is 1.58. The van der Waals surface area contributed by atoms with Crippen molar-refractivity contribution in [3.8, 4) is 0 Å². The number of thiazole rings is 1. The summed E-state index contributed by atoms with van der Waals surface area (Å²) in [6.07, 6.45) is 0.914. The lowest BCUT2D eigenvalue weighted by Crippen LogP contribution is -1.82. The summed E-state index contributed by atoms with van der Waals surface area (Å²) in [6.45, 7) is 0. The van der Waals surface area contributed by atoms with Gasteiger partial charge in [-0.3, -0.25) is 0 Å². The third-order valence-electron chi connectivity index (χ3n) is 0.919. The van der Waals surface area contributed by atoms with E-state index < -0.39 is 0 Å². The van der Waals surface area contributed by atoms with Crippen LogP contribution in [-0.4, -0.2) is 17.0 Å². The highest BCUT2D eigenvalue weighted by Crippen LogP contribution is 2.10. The van der Waals surface area contributed by atoms with Crippen LogP contribution >= 0.6 is 23.1 Å². The molecule has 1 aromatic rings. The van der Waals surface area contributed by atoms with E-state index in [9.17, 15) is 4.79 Å². The molecule has 0 amide bonds. The van der Waals surface area contributed by atoms with E-state index in [0.717, 1.165) is 17.7 Å². The molecule has 0 aromatic carbocycles. The molecule has 0 saturated heterocycles. The van der Waals surface area contributed by atoms with Crippen LogP contribution in [0.2, 0.25) is 0 Å². The number of nitrogens with zero attached hydrogens (tertiary/aromatic N) is 1. The maximum atomic E-state index is 9.89. The average Bonchev–Trinajstić information content (AvgIpc) is 2.41. The number of aldehydes is 1.